The number of carbonyl (C=O) groups excluding carboxylic acids is 2. The van der Waals surface area contributed by atoms with Crippen LogP contribution in [0.4, 0.5) is 0 Å². The fourth-order valence-corrected chi connectivity index (χ4v) is 5.22. The smallest absolute Gasteiger partial charge is 0.252 e. The third-order valence-electron chi connectivity index (χ3n) is 5.64. The van der Waals surface area contributed by atoms with E-state index in [9.17, 15) is 22.8 Å². The molecule has 1 aliphatic heterocycles. The summed E-state index contributed by atoms with van der Waals surface area (Å²) in [6, 6.07) is 14.8. The highest BCUT2D eigenvalue weighted by Gasteiger charge is 2.27. The first-order valence-corrected chi connectivity index (χ1v) is 12.6. The molecular formula is C24H26N4O6S. The molecule has 2 aromatic carbocycles. The summed E-state index contributed by atoms with van der Waals surface area (Å²) in [6.45, 7) is 1.54. The molecule has 1 aliphatic rings. The molecule has 0 unspecified atom stereocenters. The highest BCUT2D eigenvalue weighted by atomic mass is 32.2. The normalized spacial score (nSPS) is 14.5. The van der Waals surface area contributed by atoms with Gasteiger partial charge in [-0.25, -0.2) is 8.42 Å². The van der Waals surface area contributed by atoms with E-state index in [0.29, 0.717) is 30.7 Å². The number of aromatic nitrogens is 1. The van der Waals surface area contributed by atoms with Crippen LogP contribution in [-0.4, -0.2) is 62.4 Å². The second-order valence-electron chi connectivity index (χ2n) is 8.04. The average molecular weight is 499 g/mol. The Bertz CT molecular complexity index is 1380. The molecule has 1 saturated heterocycles. The van der Waals surface area contributed by atoms with E-state index in [1.807, 2.05) is 30.3 Å². The first kappa shape index (κ1) is 24.6. The predicted molar refractivity (Wildman–Crippen MR) is 129 cm³/mol. The lowest BCUT2D eigenvalue weighted by atomic mass is 10.1. The fraction of sp³-hybridized carbons (Fsp3) is 0.292. The Labute approximate surface area is 202 Å². The average Bonchev–Trinajstić information content (AvgIpc) is 2.87. The SMILES string of the molecule is O=C(CCNC(=O)c1cc(=O)[nH]c2ccc(S(=O)(=O)N3CCOCC3)cc12)NCc1ccccc1. The summed E-state index contributed by atoms with van der Waals surface area (Å²) in [7, 11) is -3.79. The van der Waals surface area contributed by atoms with Gasteiger partial charge in [-0.3, -0.25) is 14.4 Å². The number of H-pyrrole nitrogens is 1. The largest absolute Gasteiger partial charge is 0.379 e. The van der Waals surface area contributed by atoms with E-state index in [1.165, 1.54) is 22.5 Å². The molecule has 2 amide bonds. The molecule has 0 atom stereocenters. The topological polar surface area (TPSA) is 138 Å². The molecule has 11 heteroatoms. The first-order valence-electron chi connectivity index (χ1n) is 11.2. The Hall–Kier alpha value is -3.54. The summed E-state index contributed by atoms with van der Waals surface area (Å²) in [5.74, 6) is -0.804. The third-order valence-corrected chi connectivity index (χ3v) is 7.53. The summed E-state index contributed by atoms with van der Waals surface area (Å²) in [4.78, 5) is 39.7. The molecule has 0 aliphatic carbocycles. The number of morpholine rings is 1. The zero-order valence-electron chi connectivity index (χ0n) is 19.0. The van der Waals surface area contributed by atoms with Crippen molar-refractivity contribution in [3.05, 3.63) is 76.1 Å². The van der Waals surface area contributed by atoms with Crippen LogP contribution in [0.2, 0.25) is 0 Å². The van der Waals surface area contributed by atoms with Gasteiger partial charge in [0, 0.05) is 49.6 Å². The van der Waals surface area contributed by atoms with Gasteiger partial charge in [0.05, 0.1) is 23.7 Å². The molecule has 10 nitrogen and oxygen atoms in total. The lowest BCUT2D eigenvalue weighted by Crippen LogP contribution is -2.40. The van der Waals surface area contributed by atoms with E-state index in [2.05, 4.69) is 15.6 Å². The van der Waals surface area contributed by atoms with Crippen molar-refractivity contribution in [3.8, 4) is 0 Å². The number of aromatic amines is 1. The lowest BCUT2D eigenvalue weighted by molar-refractivity contribution is -0.121. The predicted octanol–water partition coefficient (Wildman–Crippen LogP) is 0.985. The van der Waals surface area contributed by atoms with Crippen LogP contribution in [0.3, 0.4) is 0 Å². The van der Waals surface area contributed by atoms with Crippen LogP contribution in [0.5, 0.6) is 0 Å². The molecule has 4 rings (SSSR count). The van der Waals surface area contributed by atoms with Crippen LogP contribution in [-0.2, 0) is 26.1 Å². The molecule has 1 fully saturated rings. The van der Waals surface area contributed by atoms with Gasteiger partial charge in [-0.05, 0) is 23.8 Å². The van der Waals surface area contributed by atoms with Gasteiger partial charge in [0.25, 0.3) is 5.91 Å². The number of amides is 2. The monoisotopic (exact) mass is 498 g/mol. The number of hydrogen-bond donors (Lipinski definition) is 3. The van der Waals surface area contributed by atoms with Crippen LogP contribution in [0.25, 0.3) is 10.9 Å². The quantitative estimate of drug-likeness (QED) is 0.423. The second kappa shape index (κ2) is 10.8. The maximum absolute atomic E-state index is 13.0. The Morgan fingerprint density at radius 3 is 2.49 bits per heavy atom. The van der Waals surface area contributed by atoms with E-state index in [4.69, 9.17) is 4.74 Å². The van der Waals surface area contributed by atoms with Crippen LogP contribution in [0.15, 0.2) is 64.3 Å². The van der Waals surface area contributed by atoms with Crippen LogP contribution in [0, 0.1) is 0 Å². The lowest BCUT2D eigenvalue weighted by Gasteiger charge is -2.26. The summed E-state index contributed by atoms with van der Waals surface area (Å²) < 4.78 is 32.6. The van der Waals surface area contributed by atoms with Crippen molar-refractivity contribution in [3.63, 3.8) is 0 Å². The molecule has 3 aromatic rings. The molecule has 184 valence electrons. The van der Waals surface area contributed by atoms with Crippen molar-refractivity contribution >= 4 is 32.7 Å². The molecule has 0 saturated carbocycles. The maximum atomic E-state index is 13.0. The number of rotatable bonds is 8. The highest BCUT2D eigenvalue weighted by molar-refractivity contribution is 7.89. The number of nitrogens with one attached hydrogen (secondary N) is 3. The zero-order chi connectivity index (χ0) is 24.8. The minimum absolute atomic E-state index is 0.0216. The summed E-state index contributed by atoms with van der Waals surface area (Å²) in [5, 5.41) is 5.72. The van der Waals surface area contributed by atoms with Crippen molar-refractivity contribution in [2.45, 2.75) is 17.9 Å². The number of pyridine rings is 1. The Kier molecular flexibility index (Phi) is 7.59. The van der Waals surface area contributed by atoms with Crippen LogP contribution in [0.1, 0.15) is 22.3 Å². The van der Waals surface area contributed by atoms with E-state index >= 15 is 0 Å². The number of carbonyl (C=O) groups is 2. The highest BCUT2D eigenvalue weighted by Crippen LogP contribution is 2.23. The minimum atomic E-state index is -3.79. The van der Waals surface area contributed by atoms with Crippen molar-refractivity contribution < 1.29 is 22.7 Å². The van der Waals surface area contributed by atoms with Crippen LogP contribution >= 0.6 is 0 Å². The maximum Gasteiger partial charge on any atom is 0.252 e. The van der Waals surface area contributed by atoms with E-state index in [1.54, 1.807) is 0 Å². The Morgan fingerprint density at radius 1 is 1.00 bits per heavy atom. The van der Waals surface area contributed by atoms with Gasteiger partial charge in [-0.2, -0.15) is 4.31 Å². The number of sulfonamides is 1. The molecular weight excluding hydrogens is 472 g/mol. The van der Waals surface area contributed by atoms with Gasteiger partial charge >= 0.3 is 0 Å². The Balaban J connectivity index is 1.46. The third kappa shape index (κ3) is 5.94. The zero-order valence-corrected chi connectivity index (χ0v) is 19.8. The molecule has 0 bridgehead atoms. The standard InChI is InChI=1S/C24H26N4O6S/c29-22(26-16-17-4-2-1-3-5-17)8-9-25-24(31)20-15-23(30)27-21-7-6-18(14-19(20)21)35(32,33)28-10-12-34-13-11-28/h1-7,14-15H,8-13,16H2,(H,25,31)(H,26,29)(H,27,30). The van der Waals surface area contributed by atoms with E-state index in [-0.39, 0.29) is 42.4 Å². The number of ether oxygens (including phenoxy) is 1. The van der Waals surface area contributed by atoms with Crippen LogP contribution < -0.4 is 16.2 Å². The van der Waals surface area contributed by atoms with Gasteiger partial charge in [0.1, 0.15) is 0 Å². The van der Waals surface area contributed by atoms with Gasteiger partial charge in [0.2, 0.25) is 21.5 Å². The molecule has 0 spiro atoms. The van der Waals surface area contributed by atoms with E-state index in [0.717, 1.165) is 11.6 Å². The fourth-order valence-electron chi connectivity index (χ4n) is 3.79. The Morgan fingerprint density at radius 2 is 1.74 bits per heavy atom. The van der Waals surface area contributed by atoms with Gasteiger partial charge < -0.3 is 20.4 Å². The summed E-state index contributed by atoms with van der Waals surface area (Å²) in [5.41, 5.74) is 0.839. The number of nitrogens with zero attached hydrogens (tertiary/aromatic N) is 1. The number of hydrogen-bond acceptors (Lipinski definition) is 6. The van der Waals surface area contributed by atoms with Gasteiger partial charge in [0.15, 0.2) is 0 Å². The molecule has 3 N–H and O–H groups in total. The number of benzene rings is 2. The molecule has 1 aromatic heterocycles. The first-order chi connectivity index (χ1) is 16.8. The van der Waals surface area contributed by atoms with Gasteiger partial charge in [-0.15, -0.1) is 0 Å². The van der Waals surface area contributed by atoms with Crippen molar-refractivity contribution in [2.24, 2.45) is 0 Å². The van der Waals surface area contributed by atoms with E-state index < -0.39 is 21.5 Å². The van der Waals surface area contributed by atoms with Crippen molar-refractivity contribution in [1.82, 2.24) is 19.9 Å². The second-order valence-corrected chi connectivity index (χ2v) is 9.98. The molecule has 35 heavy (non-hydrogen) atoms. The molecule has 0 radical (unpaired) electrons. The minimum Gasteiger partial charge on any atom is -0.379 e. The number of fused-ring (bicyclic) bond motifs is 1. The van der Waals surface area contributed by atoms with Gasteiger partial charge in [-0.1, -0.05) is 30.3 Å². The molecule has 2 heterocycles. The van der Waals surface area contributed by atoms with Crippen molar-refractivity contribution in [2.75, 3.05) is 32.8 Å². The van der Waals surface area contributed by atoms with Crippen molar-refractivity contribution in [1.29, 1.82) is 0 Å². The summed E-state index contributed by atoms with van der Waals surface area (Å²) >= 11 is 0. The summed E-state index contributed by atoms with van der Waals surface area (Å²) in [6.07, 6.45) is 0.0519.